The second-order valence-corrected chi connectivity index (χ2v) is 21.9. The minimum absolute atomic E-state index is 0.0968. The molecule has 0 fully saturated rings. The molecule has 0 aromatic heterocycles. The quantitative estimate of drug-likeness (QED) is 0.0373. The SMILES string of the molecule is CCCCCCCCCCCCCCCC(=O)OC(=O)CCCCCCCCCCCCCCC.CCCCCCCCCCCCCCCCC(CCCCCCCCCCCCCC)C(=O)O. The van der Waals surface area contributed by atoms with E-state index in [2.05, 4.69) is 27.7 Å². The lowest BCUT2D eigenvalue weighted by Gasteiger charge is -2.12. The maximum Gasteiger partial charge on any atom is 0.313 e. The molecule has 1 atom stereocenters. The fraction of sp³-hybridized carbons (Fsp3) is 0.953. The molecule has 5 heteroatoms. The molecule has 0 aliphatic heterocycles. The molecular formula is C64H126O5. The van der Waals surface area contributed by atoms with Crippen LogP contribution in [-0.2, 0) is 19.1 Å². The van der Waals surface area contributed by atoms with Crippen LogP contribution in [0.5, 0.6) is 0 Å². The van der Waals surface area contributed by atoms with Crippen LogP contribution in [0, 0.1) is 5.92 Å². The standard InChI is InChI=1S/C32H62O3.C32H64O2/c1-3-5-7-9-11-13-15-17-19-21-23-25-27-29-31(33)35-32(34)30-28-26-24-22-20-18-16-14-12-10-8-6-4-2;1-3-5-7-9-11-13-15-17-18-20-22-24-26-28-30-31(32(33)34)29-27-25-23-21-19-16-14-12-10-8-6-4-2/h3-30H2,1-2H3;31H,3-30H2,1-2H3,(H,33,34). The Morgan fingerprint density at radius 3 is 0.594 bits per heavy atom. The van der Waals surface area contributed by atoms with Crippen LogP contribution in [0.25, 0.3) is 0 Å². The third-order valence-corrected chi connectivity index (χ3v) is 14.9. The van der Waals surface area contributed by atoms with Crippen molar-refractivity contribution >= 4 is 17.9 Å². The van der Waals surface area contributed by atoms with E-state index in [0.717, 1.165) is 51.4 Å². The molecule has 0 aromatic rings. The van der Waals surface area contributed by atoms with Gasteiger partial charge in [0.2, 0.25) is 0 Å². The summed E-state index contributed by atoms with van der Waals surface area (Å²) in [6.07, 6.45) is 71.2. The van der Waals surface area contributed by atoms with Gasteiger partial charge in [0.15, 0.2) is 0 Å². The first-order chi connectivity index (χ1) is 33.9. The van der Waals surface area contributed by atoms with Crippen LogP contribution in [0.15, 0.2) is 0 Å². The van der Waals surface area contributed by atoms with Gasteiger partial charge in [-0.2, -0.15) is 0 Å². The Labute approximate surface area is 433 Å². The van der Waals surface area contributed by atoms with Crippen molar-refractivity contribution in [2.75, 3.05) is 0 Å². The summed E-state index contributed by atoms with van der Waals surface area (Å²) in [5.74, 6) is -1.31. The van der Waals surface area contributed by atoms with Gasteiger partial charge < -0.3 is 9.84 Å². The fourth-order valence-electron chi connectivity index (χ4n) is 10.0. The van der Waals surface area contributed by atoms with E-state index in [0.29, 0.717) is 12.8 Å². The van der Waals surface area contributed by atoms with Crippen molar-refractivity contribution in [1.29, 1.82) is 0 Å². The molecule has 0 rings (SSSR count). The Bertz CT molecular complexity index is 954. The Kier molecular flexibility index (Phi) is 63.4. The van der Waals surface area contributed by atoms with Crippen molar-refractivity contribution < 1.29 is 24.2 Å². The summed E-state index contributed by atoms with van der Waals surface area (Å²) in [5.41, 5.74) is 0. The molecule has 0 heterocycles. The Morgan fingerprint density at radius 1 is 0.261 bits per heavy atom. The zero-order chi connectivity index (χ0) is 50.6. The van der Waals surface area contributed by atoms with E-state index in [1.54, 1.807) is 0 Å². The van der Waals surface area contributed by atoms with Gasteiger partial charge >= 0.3 is 17.9 Å². The van der Waals surface area contributed by atoms with E-state index in [1.807, 2.05) is 0 Å². The summed E-state index contributed by atoms with van der Waals surface area (Å²) in [6, 6.07) is 0. The number of hydrogen-bond acceptors (Lipinski definition) is 4. The number of carboxylic acid groups (broad SMARTS) is 1. The van der Waals surface area contributed by atoms with Crippen molar-refractivity contribution in [1.82, 2.24) is 0 Å². The predicted molar refractivity (Wildman–Crippen MR) is 303 cm³/mol. The minimum atomic E-state index is -0.558. The van der Waals surface area contributed by atoms with Crippen LogP contribution in [0.4, 0.5) is 0 Å². The number of ether oxygens (including phenoxy) is 1. The van der Waals surface area contributed by atoms with Crippen LogP contribution in [-0.4, -0.2) is 23.0 Å². The monoisotopic (exact) mass is 975 g/mol. The Morgan fingerprint density at radius 2 is 0.420 bits per heavy atom. The van der Waals surface area contributed by atoms with Crippen molar-refractivity contribution in [2.24, 2.45) is 5.92 Å². The molecule has 412 valence electrons. The van der Waals surface area contributed by atoms with Crippen LogP contribution >= 0.6 is 0 Å². The highest BCUT2D eigenvalue weighted by Crippen LogP contribution is 2.21. The number of aliphatic carboxylic acids is 1. The lowest BCUT2D eigenvalue weighted by Crippen LogP contribution is -2.13. The normalized spacial score (nSPS) is 11.7. The van der Waals surface area contributed by atoms with Crippen molar-refractivity contribution in [3.63, 3.8) is 0 Å². The van der Waals surface area contributed by atoms with Gasteiger partial charge in [-0.25, -0.2) is 0 Å². The second-order valence-electron chi connectivity index (χ2n) is 21.9. The van der Waals surface area contributed by atoms with E-state index in [1.165, 1.54) is 295 Å². The first-order valence-corrected chi connectivity index (χ1v) is 31.9. The molecule has 1 N–H and O–H groups in total. The highest BCUT2D eigenvalue weighted by atomic mass is 16.6. The van der Waals surface area contributed by atoms with Crippen molar-refractivity contribution in [2.45, 2.75) is 387 Å². The lowest BCUT2D eigenvalue weighted by molar-refractivity contribution is -0.159. The van der Waals surface area contributed by atoms with E-state index in [4.69, 9.17) is 4.74 Å². The molecule has 0 saturated heterocycles. The number of rotatable bonds is 57. The number of carbonyl (C=O) groups is 3. The molecular weight excluding hydrogens is 849 g/mol. The summed E-state index contributed by atoms with van der Waals surface area (Å²) in [7, 11) is 0. The number of esters is 2. The maximum atomic E-state index is 11.8. The summed E-state index contributed by atoms with van der Waals surface area (Å²) in [5, 5.41) is 9.55. The second kappa shape index (κ2) is 62.7. The summed E-state index contributed by atoms with van der Waals surface area (Å²) in [4.78, 5) is 35.3. The molecule has 5 nitrogen and oxygen atoms in total. The van der Waals surface area contributed by atoms with Crippen LogP contribution < -0.4 is 0 Å². The van der Waals surface area contributed by atoms with Gasteiger partial charge in [-0.3, -0.25) is 14.4 Å². The third-order valence-electron chi connectivity index (χ3n) is 14.9. The smallest absolute Gasteiger partial charge is 0.313 e. The van der Waals surface area contributed by atoms with Gasteiger partial charge in [0, 0.05) is 12.8 Å². The number of unbranched alkanes of at least 4 members (excludes halogenated alkanes) is 48. The number of hydrogen-bond donors (Lipinski definition) is 1. The average Bonchev–Trinajstić information content (AvgIpc) is 3.34. The predicted octanol–water partition coefficient (Wildman–Crippen LogP) is 22.7. The number of carbonyl (C=O) groups excluding carboxylic acids is 2. The molecule has 0 aromatic carbocycles. The highest BCUT2D eigenvalue weighted by Gasteiger charge is 2.16. The van der Waals surface area contributed by atoms with Gasteiger partial charge in [-0.1, -0.05) is 349 Å². The van der Waals surface area contributed by atoms with Gasteiger partial charge in [0.1, 0.15) is 0 Å². The zero-order valence-corrected chi connectivity index (χ0v) is 47.8. The minimum Gasteiger partial charge on any atom is -0.481 e. The zero-order valence-electron chi connectivity index (χ0n) is 47.8. The topological polar surface area (TPSA) is 80.7 Å². The average molecular weight is 976 g/mol. The highest BCUT2D eigenvalue weighted by molar-refractivity contribution is 5.85. The van der Waals surface area contributed by atoms with Gasteiger partial charge in [0.05, 0.1) is 5.92 Å². The van der Waals surface area contributed by atoms with Crippen LogP contribution in [0.1, 0.15) is 387 Å². The van der Waals surface area contributed by atoms with E-state index in [-0.39, 0.29) is 17.9 Å². The molecule has 1 unspecified atom stereocenters. The molecule has 0 bridgehead atoms. The molecule has 69 heavy (non-hydrogen) atoms. The van der Waals surface area contributed by atoms with Crippen molar-refractivity contribution in [3.05, 3.63) is 0 Å². The molecule has 0 saturated carbocycles. The van der Waals surface area contributed by atoms with Crippen LogP contribution in [0.2, 0.25) is 0 Å². The first-order valence-electron chi connectivity index (χ1n) is 31.9. The van der Waals surface area contributed by atoms with Crippen LogP contribution in [0.3, 0.4) is 0 Å². The van der Waals surface area contributed by atoms with E-state index < -0.39 is 5.97 Å². The van der Waals surface area contributed by atoms with Gasteiger partial charge in [0.25, 0.3) is 0 Å². The summed E-state index contributed by atoms with van der Waals surface area (Å²) in [6.45, 7) is 9.10. The maximum absolute atomic E-state index is 11.8. The molecule has 0 amide bonds. The largest absolute Gasteiger partial charge is 0.481 e. The first kappa shape index (κ1) is 69.7. The third kappa shape index (κ3) is 62.7. The lowest BCUT2D eigenvalue weighted by atomic mass is 9.94. The van der Waals surface area contributed by atoms with E-state index in [9.17, 15) is 19.5 Å². The molecule has 0 radical (unpaired) electrons. The molecule has 0 aliphatic rings. The van der Waals surface area contributed by atoms with E-state index >= 15 is 0 Å². The molecule has 0 spiro atoms. The molecule has 0 aliphatic carbocycles. The Hall–Kier alpha value is -1.39. The van der Waals surface area contributed by atoms with Gasteiger partial charge in [-0.15, -0.1) is 0 Å². The summed E-state index contributed by atoms with van der Waals surface area (Å²) < 4.78 is 4.99. The summed E-state index contributed by atoms with van der Waals surface area (Å²) >= 11 is 0. The fourth-order valence-corrected chi connectivity index (χ4v) is 10.0. The number of carboxylic acids is 1. The van der Waals surface area contributed by atoms with Crippen molar-refractivity contribution in [3.8, 4) is 0 Å². The van der Waals surface area contributed by atoms with Gasteiger partial charge in [-0.05, 0) is 25.7 Å². The Balaban J connectivity index is 0.